The van der Waals surface area contributed by atoms with Crippen molar-refractivity contribution in [1.82, 2.24) is 0 Å². The van der Waals surface area contributed by atoms with E-state index in [2.05, 4.69) is 13.8 Å². The lowest BCUT2D eigenvalue weighted by Gasteiger charge is -2.16. The fraction of sp³-hybridized carbons (Fsp3) is 0.921. The lowest BCUT2D eigenvalue weighted by molar-refractivity contribution is -0.146. The average molecular weight is 657 g/mol. The van der Waals surface area contributed by atoms with Gasteiger partial charge in [-0.3, -0.25) is 14.4 Å². The van der Waals surface area contributed by atoms with Crippen LogP contribution in [0.15, 0.2) is 0 Å². The van der Waals surface area contributed by atoms with Crippen LogP contribution in [0.5, 0.6) is 0 Å². The van der Waals surface area contributed by atoms with Crippen molar-refractivity contribution >= 4 is 17.9 Å². The zero-order valence-electron chi connectivity index (χ0n) is 30.3. The van der Waals surface area contributed by atoms with Gasteiger partial charge in [-0.1, -0.05) is 110 Å². The second-order valence-electron chi connectivity index (χ2n) is 12.8. The Hall–Kier alpha value is -1.67. The highest BCUT2D eigenvalue weighted by atomic mass is 16.5. The van der Waals surface area contributed by atoms with Crippen LogP contribution in [0.3, 0.4) is 0 Å². The molecule has 0 aliphatic rings. The number of rotatable bonds is 36. The van der Waals surface area contributed by atoms with Crippen molar-refractivity contribution in [1.29, 1.82) is 0 Å². The van der Waals surface area contributed by atoms with Crippen molar-refractivity contribution in [3.63, 3.8) is 0 Å². The average Bonchev–Trinajstić information content (AvgIpc) is 3.04. The number of hydrogen-bond acceptors (Lipinski definition) is 8. The number of methoxy groups -OCH3 is 1. The number of carbonyl (C=O) groups is 3. The number of unbranched alkanes of at least 4 members (excludes halogenated alkanes) is 15. The van der Waals surface area contributed by atoms with Crippen molar-refractivity contribution in [2.24, 2.45) is 5.92 Å². The maximum absolute atomic E-state index is 12.6. The summed E-state index contributed by atoms with van der Waals surface area (Å²) in [5, 5.41) is 0. The summed E-state index contributed by atoms with van der Waals surface area (Å²) in [6.07, 6.45) is 25.0. The van der Waals surface area contributed by atoms with Crippen molar-refractivity contribution in [2.45, 2.75) is 174 Å². The third-order valence-corrected chi connectivity index (χ3v) is 8.34. The Labute approximate surface area is 282 Å². The smallest absolute Gasteiger partial charge is 0.306 e. The molecule has 0 aromatic heterocycles. The van der Waals surface area contributed by atoms with Gasteiger partial charge in [0, 0.05) is 39.4 Å². The summed E-state index contributed by atoms with van der Waals surface area (Å²) in [7, 11) is 1.64. The van der Waals surface area contributed by atoms with Crippen molar-refractivity contribution in [3.8, 4) is 0 Å². The molecule has 1 unspecified atom stereocenters. The van der Waals surface area contributed by atoms with Gasteiger partial charge in [-0.15, -0.1) is 0 Å². The summed E-state index contributed by atoms with van der Waals surface area (Å²) >= 11 is 0. The fourth-order valence-electron chi connectivity index (χ4n) is 5.45. The van der Waals surface area contributed by atoms with E-state index in [9.17, 15) is 14.4 Å². The molecule has 0 aliphatic heterocycles. The SMILES string of the molecule is CCCCCCCCOC(=O)CCCCCCC(CCCCCCCC(=O)OCCCCCC)CC(=O)OCCCOCCOC. The fourth-order valence-corrected chi connectivity index (χ4v) is 5.45. The van der Waals surface area contributed by atoms with Gasteiger partial charge in [0.05, 0.1) is 33.0 Å². The Morgan fingerprint density at radius 1 is 0.435 bits per heavy atom. The van der Waals surface area contributed by atoms with Crippen LogP contribution in [0.2, 0.25) is 0 Å². The van der Waals surface area contributed by atoms with Crippen LogP contribution in [-0.4, -0.2) is 64.7 Å². The van der Waals surface area contributed by atoms with E-state index in [1.54, 1.807) is 7.11 Å². The summed E-state index contributed by atoms with van der Waals surface area (Å²) in [5.41, 5.74) is 0. The molecule has 8 heteroatoms. The molecule has 0 aromatic rings. The summed E-state index contributed by atoms with van der Waals surface area (Å²) in [6.45, 7) is 7.55. The van der Waals surface area contributed by atoms with Crippen LogP contribution in [0.1, 0.15) is 174 Å². The molecule has 0 radical (unpaired) electrons. The van der Waals surface area contributed by atoms with Gasteiger partial charge in [0.2, 0.25) is 0 Å². The maximum atomic E-state index is 12.6. The minimum atomic E-state index is -0.122. The first-order valence-corrected chi connectivity index (χ1v) is 19.1. The van der Waals surface area contributed by atoms with Crippen molar-refractivity contribution < 1.29 is 38.1 Å². The van der Waals surface area contributed by atoms with Gasteiger partial charge < -0.3 is 23.7 Å². The molecule has 0 spiro atoms. The topological polar surface area (TPSA) is 97.4 Å². The summed E-state index contributed by atoms with van der Waals surface area (Å²) in [6, 6.07) is 0. The minimum Gasteiger partial charge on any atom is -0.466 e. The Morgan fingerprint density at radius 3 is 1.41 bits per heavy atom. The van der Waals surface area contributed by atoms with E-state index in [0.29, 0.717) is 71.2 Å². The molecule has 8 nitrogen and oxygen atoms in total. The molecule has 0 heterocycles. The normalized spacial score (nSPS) is 11.8. The summed E-state index contributed by atoms with van der Waals surface area (Å²) < 4.78 is 26.6. The maximum Gasteiger partial charge on any atom is 0.306 e. The second kappa shape index (κ2) is 36.2. The highest BCUT2D eigenvalue weighted by Crippen LogP contribution is 2.23. The number of ether oxygens (including phenoxy) is 5. The van der Waals surface area contributed by atoms with Crippen LogP contribution in [-0.2, 0) is 38.1 Å². The molecule has 0 amide bonds. The monoisotopic (exact) mass is 657 g/mol. The van der Waals surface area contributed by atoms with Crippen molar-refractivity contribution in [2.75, 3.05) is 46.8 Å². The van der Waals surface area contributed by atoms with Gasteiger partial charge >= 0.3 is 17.9 Å². The quantitative estimate of drug-likeness (QED) is 0.0374. The van der Waals surface area contributed by atoms with E-state index in [-0.39, 0.29) is 17.9 Å². The molecule has 0 aliphatic carbocycles. The molecule has 0 saturated heterocycles. The first-order valence-electron chi connectivity index (χ1n) is 19.1. The largest absolute Gasteiger partial charge is 0.466 e. The highest BCUT2D eigenvalue weighted by Gasteiger charge is 2.15. The highest BCUT2D eigenvalue weighted by molar-refractivity contribution is 5.70. The van der Waals surface area contributed by atoms with Gasteiger partial charge in [-0.25, -0.2) is 0 Å². The van der Waals surface area contributed by atoms with Crippen molar-refractivity contribution in [3.05, 3.63) is 0 Å². The van der Waals surface area contributed by atoms with E-state index in [4.69, 9.17) is 23.7 Å². The molecule has 0 bridgehead atoms. The number of hydrogen-bond donors (Lipinski definition) is 0. The molecular weight excluding hydrogens is 584 g/mol. The Kier molecular flexibility index (Phi) is 34.9. The number of esters is 3. The van der Waals surface area contributed by atoms with Gasteiger partial charge in [-0.05, 0) is 44.4 Å². The zero-order chi connectivity index (χ0) is 33.8. The molecule has 0 saturated carbocycles. The van der Waals surface area contributed by atoms with E-state index in [0.717, 1.165) is 96.3 Å². The molecular formula is C38H72O8. The third-order valence-electron chi connectivity index (χ3n) is 8.34. The van der Waals surface area contributed by atoms with Gasteiger partial charge in [0.25, 0.3) is 0 Å². The van der Waals surface area contributed by atoms with Crippen LogP contribution >= 0.6 is 0 Å². The van der Waals surface area contributed by atoms with Gasteiger partial charge in [0.15, 0.2) is 0 Å². The van der Waals surface area contributed by atoms with Crippen LogP contribution in [0.4, 0.5) is 0 Å². The van der Waals surface area contributed by atoms with Crippen LogP contribution < -0.4 is 0 Å². The summed E-state index contributed by atoms with van der Waals surface area (Å²) in [5.74, 6) is 0.0536. The Balaban J connectivity index is 4.19. The van der Waals surface area contributed by atoms with E-state index in [1.165, 1.54) is 38.5 Å². The summed E-state index contributed by atoms with van der Waals surface area (Å²) in [4.78, 5) is 36.5. The Bertz CT molecular complexity index is 684. The standard InChI is InChI=1S/C38H72O8/c1-4-6-8-10-16-22-30-45-37(40)27-20-15-14-18-25-35(34-38(41)46-31-23-28-43-33-32-42-3)24-17-12-11-13-19-26-36(39)44-29-21-9-7-5-2/h35H,4-34H2,1-3H3. The predicted molar refractivity (Wildman–Crippen MR) is 186 cm³/mol. The number of carbonyl (C=O) groups excluding carboxylic acids is 3. The van der Waals surface area contributed by atoms with E-state index < -0.39 is 0 Å². The zero-order valence-corrected chi connectivity index (χ0v) is 30.3. The minimum absolute atomic E-state index is 0.0679. The first kappa shape index (κ1) is 44.3. The first-order chi connectivity index (χ1) is 22.5. The molecule has 0 N–H and O–H groups in total. The third kappa shape index (κ3) is 33.7. The van der Waals surface area contributed by atoms with Crippen LogP contribution in [0, 0.1) is 5.92 Å². The van der Waals surface area contributed by atoms with Gasteiger partial charge in [0.1, 0.15) is 0 Å². The van der Waals surface area contributed by atoms with Crippen LogP contribution in [0.25, 0.3) is 0 Å². The molecule has 46 heavy (non-hydrogen) atoms. The predicted octanol–water partition coefficient (Wildman–Crippen LogP) is 9.69. The molecule has 0 aromatic carbocycles. The second-order valence-corrected chi connectivity index (χ2v) is 12.8. The van der Waals surface area contributed by atoms with E-state index in [1.807, 2.05) is 0 Å². The lowest BCUT2D eigenvalue weighted by atomic mass is 9.91. The van der Waals surface area contributed by atoms with E-state index >= 15 is 0 Å². The molecule has 0 fully saturated rings. The molecule has 272 valence electrons. The molecule has 0 rings (SSSR count). The molecule has 1 atom stereocenters. The van der Waals surface area contributed by atoms with Gasteiger partial charge in [-0.2, -0.15) is 0 Å². The lowest BCUT2D eigenvalue weighted by Crippen LogP contribution is -2.14. The Morgan fingerprint density at radius 2 is 0.870 bits per heavy atom.